The highest BCUT2D eigenvalue weighted by Crippen LogP contribution is 2.59. The Kier molecular flexibility index (Phi) is 6.17. The second kappa shape index (κ2) is 9.47. The van der Waals surface area contributed by atoms with Crippen molar-refractivity contribution >= 4 is 50.9 Å². The summed E-state index contributed by atoms with van der Waals surface area (Å²) in [6.45, 7) is 7.19. The lowest BCUT2D eigenvalue weighted by molar-refractivity contribution is -0.120. The number of piperidine rings is 1. The minimum absolute atomic E-state index is 0.0635. The SMILES string of the molecule is CC(=O)c1nc(NC(=O)N2[C@H](C(=O)Nc3nc(Br)ccc3C)C[C@@]3(C)C[C@@H]23)n2ccc(-c3cnc(C)nc3)cc12. The van der Waals surface area contributed by atoms with Crippen molar-refractivity contribution in [3.05, 3.63) is 64.5 Å². The minimum Gasteiger partial charge on any atom is -0.309 e. The van der Waals surface area contributed by atoms with E-state index in [9.17, 15) is 14.4 Å². The molecule has 11 nitrogen and oxygen atoms in total. The monoisotopic (exact) mass is 602 g/mol. The first-order valence-electron chi connectivity index (χ1n) is 12.9. The van der Waals surface area contributed by atoms with Crippen LogP contribution in [-0.2, 0) is 4.79 Å². The lowest BCUT2D eigenvalue weighted by Gasteiger charge is -2.26. The number of nitrogens with zero attached hydrogens (tertiary/aromatic N) is 6. The average Bonchev–Trinajstić information content (AvgIpc) is 3.28. The molecule has 0 bridgehead atoms. The lowest BCUT2D eigenvalue weighted by atomic mass is 10.0. The Bertz CT molecular complexity index is 1700. The molecule has 204 valence electrons. The molecule has 12 heteroatoms. The van der Waals surface area contributed by atoms with E-state index in [-0.39, 0.29) is 34.8 Å². The quantitative estimate of drug-likeness (QED) is 0.247. The molecule has 3 atom stereocenters. The van der Waals surface area contributed by atoms with Crippen LogP contribution in [-0.4, -0.2) is 59.0 Å². The smallest absolute Gasteiger partial charge is 0.309 e. The van der Waals surface area contributed by atoms with Crippen molar-refractivity contribution in [2.75, 3.05) is 10.6 Å². The van der Waals surface area contributed by atoms with Gasteiger partial charge in [0.15, 0.2) is 5.78 Å². The Morgan fingerprint density at radius 1 is 1.02 bits per heavy atom. The number of anilines is 2. The van der Waals surface area contributed by atoms with Gasteiger partial charge in [0, 0.05) is 37.1 Å². The predicted molar refractivity (Wildman–Crippen MR) is 152 cm³/mol. The Hall–Kier alpha value is -4.19. The van der Waals surface area contributed by atoms with Gasteiger partial charge in [-0.05, 0) is 77.4 Å². The van der Waals surface area contributed by atoms with E-state index in [1.165, 1.54) is 6.92 Å². The van der Waals surface area contributed by atoms with Gasteiger partial charge in [-0.1, -0.05) is 13.0 Å². The lowest BCUT2D eigenvalue weighted by Crippen LogP contribution is -2.47. The summed E-state index contributed by atoms with van der Waals surface area (Å²) in [5.41, 5.74) is 3.08. The Morgan fingerprint density at radius 2 is 1.77 bits per heavy atom. The molecule has 5 heterocycles. The summed E-state index contributed by atoms with van der Waals surface area (Å²) >= 11 is 3.34. The van der Waals surface area contributed by atoms with Crippen molar-refractivity contribution in [1.82, 2.24) is 29.2 Å². The number of hydrogen-bond donors (Lipinski definition) is 2. The van der Waals surface area contributed by atoms with Gasteiger partial charge in [-0.15, -0.1) is 0 Å². The summed E-state index contributed by atoms with van der Waals surface area (Å²) in [6.07, 6.45) is 6.55. The number of carbonyl (C=O) groups is 3. The van der Waals surface area contributed by atoms with Crippen molar-refractivity contribution in [1.29, 1.82) is 0 Å². The zero-order chi connectivity index (χ0) is 28.3. The summed E-state index contributed by atoms with van der Waals surface area (Å²) in [4.78, 5) is 58.5. The second-order valence-corrected chi connectivity index (χ2v) is 11.6. The van der Waals surface area contributed by atoms with Gasteiger partial charge < -0.3 is 10.2 Å². The summed E-state index contributed by atoms with van der Waals surface area (Å²) in [7, 11) is 0. The Morgan fingerprint density at radius 3 is 2.50 bits per heavy atom. The number of aromatic nitrogens is 5. The third kappa shape index (κ3) is 4.51. The molecule has 1 saturated heterocycles. The van der Waals surface area contributed by atoms with Gasteiger partial charge in [-0.3, -0.25) is 19.3 Å². The second-order valence-electron chi connectivity index (χ2n) is 10.7. The van der Waals surface area contributed by atoms with E-state index >= 15 is 0 Å². The Labute approximate surface area is 238 Å². The van der Waals surface area contributed by atoms with E-state index in [1.807, 2.05) is 32.0 Å². The largest absolute Gasteiger partial charge is 0.325 e. The fraction of sp³-hybridized carbons (Fsp3) is 0.321. The predicted octanol–water partition coefficient (Wildman–Crippen LogP) is 4.79. The van der Waals surface area contributed by atoms with Crippen LogP contribution in [0.15, 0.2) is 47.5 Å². The number of rotatable bonds is 5. The maximum atomic E-state index is 13.7. The number of ketones is 1. The first-order valence-corrected chi connectivity index (χ1v) is 13.7. The van der Waals surface area contributed by atoms with Crippen molar-refractivity contribution < 1.29 is 14.4 Å². The van der Waals surface area contributed by atoms with E-state index in [0.29, 0.717) is 28.2 Å². The summed E-state index contributed by atoms with van der Waals surface area (Å²) in [6, 6.07) is 6.16. The molecule has 4 aromatic rings. The van der Waals surface area contributed by atoms with Crippen LogP contribution in [0.2, 0.25) is 0 Å². The van der Waals surface area contributed by atoms with E-state index in [1.54, 1.807) is 34.0 Å². The zero-order valence-corrected chi connectivity index (χ0v) is 24.0. The number of imidazole rings is 1. The summed E-state index contributed by atoms with van der Waals surface area (Å²) in [5, 5.41) is 5.77. The molecule has 6 rings (SSSR count). The number of carbonyl (C=O) groups excluding carboxylic acids is 3. The number of urea groups is 1. The molecule has 3 amide bonds. The number of nitrogens with one attached hydrogen (secondary N) is 2. The number of halogens is 1. The molecule has 4 aromatic heterocycles. The molecule has 0 unspecified atom stereocenters. The molecule has 40 heavy (non-hydrogen) atoms. The minimum atomic E-state index is -0.671. The van der Waals surface area contributed by atoms with Gasteiger partial charge in [-0.25, -0.2) is 24.7 Å². The average molecular weight is 603 g/mol. The first kappa shape index (κ1) is 26.1. The van der Waals surface area contributed by atoms with Gasteiger partial charge in [-0.2, -0.15) is 0 Å². The van der Waals surface area contributed by atoms with Crippen LogP contribution < -0.4 is 10.6 Å². The highest BCUT2D eigenvalue weighted by molar-refractivity contribution is 9.10. The molecule has 2 aliphatic rings. The maximum Gasteiger partial charge on any atom is 0.325 e. The number of aryl methyl sites for hydroxylation is 2. The zero-order valence-electron chi connectivity index (χ0n) is 22.4. The normalized spacial score (nSPS) is 21.3. The van der Waals surface area contributed by atoms with Gasteiger partial charge in [0.05, 0.1) is 5.52 Å². The van der Waals surface area contributed by atoms with Crippen LogP contribution in [0.4, 0.5) is 16.6 Å². The van der Waals surface area contributed by atoms with Crippen LogP contribution in [0, 0.1) is 19.3 Å². The van der Waals surface area contributed by atoms with E-state index < -0.39 is 12.1 Å². The van der Waals surface area contributed by atoms with E-state index in [0.717, 1.165) is 23.1 Å². The van der Waals surface area contributed by atoms with Gasteiger partial charge in [0.25, 0.3) is 0 Å². The van der Waals surface area contributed by atoms with Gasteiger partial charge in [0.2, 0.25) is 11.9 Å². The van der Waals surface area contributed by atoms with Crippen molar-refractivity contribution in [3.8, 4) is 11.1 Å². The molecule has 0 radical (unpaired) electrons. The standard InChI is InChI=1S/C28H27BrN8O3/c1-14-5-6-22(29)32-24(14)34-25(39)20-10-28(4)11-21(28)37(20)27(40)35-26-33-23(15(2)38)19-9-17(7-8-36(19)26)18-12-30-16(3)31-13-18/h5-9,12-13,20-21H,10-11H2,1-4H3,(H,32,34,39)(H,33,35,40)/t20-,21+,28-/m0/s1. The molecule has 0 aromatic carbocycles. The van der Waals surface area contributed by atoms with Crippen molar-refractivity contribution in [3.63, 3.8) is 0 Å². The van der Waals surface area contributed by atoms with Gasteiger partial charge >= 0.3 is 6.03 Å². The first-order chi connectivity index (χ1) is 19.0. The van der Waals surface area contributed by atoms with Crippen LogP contribution in [0.3, 0.4) is 0 Å². The topological polar surface area (TPSA) is 134 Å². The molecule has 1 aliphatic heterocycles. The maximum absolute atomic E-state index is 13.7. The molecule has 2 N–H and O–H groups in total. The fourth-order valence-corrected chi connectivity index (χ4v) is 5.75. The number of amides is 3. The van der Waals surface area contributed by atoms with Crippen LogP contribution >= 0.6 is 15.9 Å². The van der Waals surface area contributed by atoms with Crippen molar-refractivity contribution in [2.45, 2.75) is 52.6 Å². The van der Waals surface area contributed by atoms with E-state index in [4.69, 9.17) is 0 Å². The van der Waals surface area contributed by atoms with Crippen LogP contribution in [0.5, 0.6) is 0 Å². The number of Topliss-reactive ketones (excluding diaryl/α,β-unsaturated/α-hetero) is 1. The van der Waals surface area contributed by atoms with E-state index in [2.05, 4.69) is 53.4 Å². The molecule has 0 spiro atoms. The molecular weight excluding hydrogens is 576 g/mol. The highest BCUT2D eigenvalue weighted by atomic mass is 79.9. The number of likely N-dealkylation sites (tertiary alicyclic amines) is 1. The summed E-state index contributed by atoms with van der Waals surface area (Å²) < 4.78 is 2.27. The summed E-state index contributed by atoms with van der Waals surface area (Å²) in [5.74, 6) is 0.785. The number of hydrogen-bond acceptors (Lipinski definition) is 7. The molecular formula is C28H27BrN8O3. The van der Waals surface area contributed by atoms with Crippen LogP contribution in [0.25, 0.3) is 16.6 Å². The number of pyridine rings is 2. The molecule has 1 saturated carbocycles. The fourth-order valence-electron chi connectivity index (χ4n) is 5.44. The van der Waals surface area contributed by atoms with Gasteiger partial charge in [0.1, 0.15) is 28.0 Å². The van der Waals surface area contributed by atoms with Crippen molar-refractivity contribution in [2.24, 2.45) is 5.41 Å². The highest BCUT2D eigenvalue weighted by Gasteiger charge is 2.64. The third-order valence-electron chi connectivity index (χ3n) is 7.79. The Balaban J connectivity index is 1.29. The van der Waals surface area contributed by atoms with Crippen LogP contribution in [0.1, 0.15) is 48.6 Å². The molecule has 2 fully saturated rings. The molecule has 1 aliphatic carbocycles. The third-order valence-corrected chi connectivity index (χ3v) is 8.23. The number of fused-ring (bicyclic) bond motifs is 2.